The van der Waals surface area contributed by atoms with E-state index in [1.54, 1.807) is 43.6 Å². The van der Waals surface area contributed by atoms with Crippen LogP contribution in [0.15, 0.2) is 79.4 Å². The minimum atomic E-state index is -0.261. The molecule has 8 nitrogen and oxygen atoms in total. The zero-order valence-electron chi connectivity index (χ0n) is 16.3. The number of nitrogens with zero attached hydrogens (tertiary/aromatic N) is 4. The maximum atomic E-state index is 12.5. The fourth-order valence-electron chi connectivity index (χ4n) is 2.80. The predicted octanol–water partition coefficient (Wildman–Crippen LogP) is 3.54. The lowest BCUT2D eigenvalue weighted by molar-refractivity contribution is 0.102. The molecular weight excluding hydrogens is 380 g/mol. The van der Waals surface area contributed by atoms with Crippen LogP contribution in [0.4, 0.5) is 11.5 Å². The number of ether oxygens (including phenoxy) is 1. The summed E-state index contributed by atoms with van der Waals surface area (Å²) in [6.45, 7) is 0.645. The van der Waals surface area contributed by atoms with Crippen molar-refractivity contribution in [2.75, 3.05) is 17.7 Å². The molecule has 0 radical (unpaired) electrons. The van der Waals surface area contributed by atoms with Crippen LogP contribution in [0, 0.1) is 0 Å². The van der Waals surface area contributed by atoms with Crippen molar-refractivity contribution in [3.63, 3.8) is 0 Å². The third kappa shape index (κ3) is 4.61. The first-order valence-electron chi connectivity index (χ1n) is 9.31. The number of anilines is 2. The summed E-state index contributed by atoms with van der Waals surface area (Å²) in [5, 5.41) is 10.3. The molecule has 2 N–H and O–H groups in total. The van der Waals surface area contributed by atoms with Crippen LogP contribution in [-0.2, 0) is 6.54 Å². The lowest BCUT2D eigenvalue weighted by atomic mass is 10.2. The van der Waals surface area contributed by atoms with E-state index in [2.05, 4.69) is 25.7 Å². The molecule has 0 saturated carbocycles. The third-order valence-corrected chi connectivity index (χ3v) is 4.40. The molecular formula is C22H20N6O2. The molecule has 0 unspecified atom stereocenters. The monoisotopic (exact) mass is 400 g/mol. The average molecular weight is 400 g/mol. The van der Waals surface area contributed by atoms with E-state index in [9.17, 15) is 4.79 Å². The Labute approximate surface area is 173 Å². The lowest BCUT2D eigenvalue weighted by Crippen LogP contribution is -2.11. The Bertz CT molecular complexity index is 1130. The molecule has 2 aromatic heterocycles. The van der Waals surface area contributed by atoms with Gasteiger partial charge in [-0.05, 0) is 29.8 Å². The SMILES string of the molecule is COc1ccc(NC(=O)c2cnn(-c3cc(NCc4ccccc4)ncn3)c2)cc1. The molecule has 0 bridgehead atoms. The van der Waals surface area contributed by atoms with Crippen molar-refractivity contribution < 1.29 is 9.53 Å². The van der Waals surface area contributed by atoms with Gasteiger partial charge in [-0.3, -0.25) is 4.79 Å². The summed E-state index contributed by atoms with van der Waals surface area (Å²) in [5.74, 6) is 1.69. The number of carbonyl (C=O) groups excluding carboxylic acids is 1. The van der Waals surface area contributed by atoms with Crippen molar-refractivity contribution in [3.8, 4) is 11.6 Å². The molecule has 0 fully saturated rings. The van der Waals surface area contributed by atoms with Gasteiger partial charge in [-0.2, -0.15) is 5.10 Å². The summed E-state index contributed by atoms with van der Waals surface area (Å²) in [6.07, 6.45) is 4.58. The quantitative estimate of drug-likeness (QED) is 0.493. The number of benzene rings is 2. The van der Waals surface area contributed by atoms with Gasteiger partial charge in [0.1, 0.15) is 17.9 Å². The van der Waals surface area contributed by atoms with Crippen LogP contribution in [0.3, 0.4) is 0 Å². The number of amides is 1. The van der Waals surface area contributed by atoms with E-state index in [0.717, 1.165) is 11.3 Å². The van der Waals surface area contributed by atoms with Gasteiger partial charge in [0.25, 0.3) is 5.91 Å². The smallest absolute Gasteiger partial charge is 0.258 e. The summed E-state index contributed by atoms with van der Waals surface area (Å²) in [5.41, 5.74) is 2.24. The van der Waals surface area contributed by atoms with E-state index in [0.29, 0.717) is 29.4 Å². The van der Waals surface area contributed by atoms with Crippen LogP contribution >= 0.6 is 0 Å². The second-order valence-electron chi connectivity index (χ2n) is 6.46. The highest BCUT2D eigenvalue weighted by Crippen LogP contribution is 2.16. The van der Waals surface area contributed by atoms with Crippen molar-refractivity contribution in [2.24, 2.45) is 0 Å². The fraction of sp³-hybridized carbons (Fsp3) is 0.0909. The van der Waals surface area contributed by atoms with E-state index in [1.165, 1.54) is 17.2 Å². The molecule has 150 valence electrons. The molecule has 2 aromatic carbocycles. The van der Waals surface area contributed by atoms with E-state index in [4.69, 9.17) is 4.74 Å². The number of hydrogen-bond acceptors (Lipinski definition) is 6. The van der Waals surface area contributed by atoms with E-state index >= 15 is 0 Å². The number of nitrogens with one attached hydrogen (secondary N) is 2. The minimum absolute atomic E-state index is 0.261. The Morgan fingerprint density at radius 1 is 1.07 bits per heavy atom. The third-order valence-electron chi connectivity index (χ3n) is 4.40. The maximum absolute atomic E-state index is 12.5. The topological polar surface area (TPSA) is 94.0 Å². The van der Waals surface area contributed by atoms with Gasteiger partial charge in [-0.15, -0.1) is 0 Å². The van der Waals surface area contributed by atoms with Gasteiger partial charge in [-0.1, -0.05) is 30.3 Å². The van der Waals surface area contributed by atoms with Crippen molar-refractivity contribution in [2.45, 2.75) is 6.54 Å². The van der Waals surface area contributed by atoms with Gasteiger partial charge in [0.2, 0.25) is 0 Å². The first-order valence-corrected chi connectivity index (χ1v) is 9.31. The lowest BCUT2D eigenvalue weighted by Gasteiger charge is -2.07. The van der Waals surface area contributed by atoms with Gasteiger partial charge < -0.3 is 15.4 Å². The van der Waals surface area contributed by atoms with Gasteiger partial charge in [0.05, 0.1) is 18.9 Å². The van der Waals surface area contributed by atoms with Gasteiger partial charge >= 0.3 is 0 Å². The second kappa shape index (κ2) is 8.87. The summed E-state index contributed by atoms with van der Waals surface area (Å²) >= 11 is 0. The predicted molar refractivity (Wildman–Crippen MR) is 114 cm³/mol. The van der Waals surface area contributed by atoms with Gasteiger partial charge in [0.15, 0.2) is 5.82 Å². The Morgan fingerprint density at radius 2 is 1.87 bits per heavy atom. The summed E-state index contributed by atoms with van der Waals surface area (Å²) in [6, 6.07) is 18.9. The van der Waals surface area contributed by atoms with Crippen LogP contribution in [0.1, 0.15) is 15.9 Å². The van der Waals surface area contributed by atoms with Crippen molar-refractivity contribution >= 4 is 17.4 Å². The van der Waals surface area contributed by atoms with Crippen LogP contribution in [0.25, 0.3) is 5.82 Å². The molecule has 30 heavy (non-hydrogen) atoms. The zero-order chi connectivity index (χ0) is 20.8. The van der Waals surface area contributed by atoms with Gasteiger partial charge in [-0.25, -0.2) is 14.6 Å². The molecule has 1 amide bonds. The molecule has 0 atom stereocenters. The van der Waals surface area contributed by atoms with Crippen molar-refractivity contribution in [3.05, 3.63) is 90.5 Å². The molecule has 8 heteroatoms. The number of rotatable bonds is 7. The molecule has 0 aliphatic carbocycles. The van der Waals surface area contributed by atoms with Gasteiger partial charge in [0, 0.05) is 24.5 Å². The number of aromatic nitrogens is 4. The normalized spacial score (nSPS) is 10.4. The van der Waals surface area contributed by atoms with Crippen LogP contribution in [0.2, 0.25) is 0 Å². The van der Waals surface area contributed by atoms with Crippen LogP contribution in [-0.4, -0.2) is 32.8 Å². The van der Waals surface area contributed by atoms with Crippen LogP contribution in [0.5, 0.6) is 5.75 Å². The second-order valence-corrected chi connectivity index (χ2v) is 6.46. The molecule has 0 aliphatic heterocycles. The van der Waals surface area contributed by atoms with Crippen LogP contribution < -0.4 is 15.4 Å². The summed E-state index contributed by atoms with van der Waals surface area (Å²) in [7, 11) is 1.59. The minimum Gasteiger partial charge on any atom is -0.497 e. The average Bonchev–Trinajstić information content (AvgIpc) is 3.30. The first-order chi connectivity index (χ1) is 14.7. The highest BCUT2D eigenvalue weighted by molar-refractivity contribution is 6.04. The Hall–Kier alpha value is -4.20. The molecule has 0 saturated heterocycles. The number of methoxy groups -OCH3 is 1. The summed E-state index contributed by atoms with van der Waals surface area (Å²) in [4.78, 5) is 21.0. The maximum Gasteiger partial charge on any atom is 0.258 e. The Kier molecular flexibility index (Phi) is 5.66. The molecule has 0 aliphatic rings. The van der Waals surface area contributed by atoms with E-state index < -0.39 is 0 Å². The van der Waals surface area contributed by atoms with E-state index in [1.807, 2.05) is 30.3 Å². The standard InChI is InChI=1S/C22H20N6O2/c1-30-19-9-7-18(8-10-19)27-22(29)17-13-26-28(14-17)21-11-20(24-15-25-21)23-12-16-5-3-2-4-6-16/h2-11,13-15H,12H2,1H3,(H,27,29)(H,23,24,25). The van der Waals surface area contributed by atoms with Crippen molar-refractivity contribution in [1.82, 2.24) is 19.7 Å². The highest BCUT2D eigenvalue weighted by Gasteiger charge is 2.11. The fourth-order valence-corrected chi connectivity index (χ4v) is 2.80. The number of carbonyl (C=O) groups is 1. The zero-order valence-corrected chi connectivity index (χ0v) is 16.3. The Morgan fingerprint density at radius 3 is 2.63 bits per heavy atom. The molecule has 2 heterocycles. The summed E-state index contributed by atoms with van der Waals surface area (Å²) < 4.78 is 6.66. The largest absolute Gasteiger partial charge is 0.497 e. The molecule has 4 aromatic rings. The molecule has 0 spiro atoms. The molecule has 4 rings (SSSR count). The van der Waals surface area contributed by atoms with Crippen molar-refractivity contribution in [1.29, 1.82) is 0 Å². The number of hydrogen-bond donors (Lipinski definition) is 2. The van der Waals surface area contributed by atoms with E-state index in [-0.39, 0.29) is 5.91 Å². The highest BCUT2D eigenvalue weighted by atomic mass is 16.5. The Balaban J connectivity index is 1.43. The first kappa shape index (κ1) is 19.1.